The lowest BCUT2D eigenvalue weighted by Gasteiger charge is -2.05. The minimum Gasteiger partial charge on any atom is -0.619 e. The van der Waals surface area contributed by atoms with Crippen molar-refractivity contribution in [3.8, 4) is 0 Å². The second kappa shape index (κ2) is 5.82. The number of amides is 1. The third kappa shape index (κ3) is 3.31. The zero-order valence-corrected chi connectivity index (χ0v) is 9.87. The summed E-state index contributed by atoms with van der Waals surface area (Å²) >= 11 is 0. The van der Waals surface area contributed by atoms with E-state index in [0.717, 1.165) is 6.42 Å². The van der Waals surface area contributed by atoms with Gasteiger partial charge < -0.3 is 10.5 Å². The number of pyridine rings is 1. The van der Waals surface area contributed by atoms with Crippen molar-refractivity contribution < 1.29 is 9.52 Å². The number of aromatic nitrogens is 1. The second-order valence-corrected chi connectivity index (χ2v) is 3.94. The minimum atomic E-state index is -0.161. The first-order valence-electron chi connectivity index (χ1n) is 5.76. The summed E-state index contributed by atoms with van der Waals surface area (Å²) in [6.45, 7) is 0.578. The Morgan fingerprint density at radius 1 is 1.11 bits per heavy atom. The van der Waals surface area contributed by atoms with Crippen LogP contribution < -0.4 is 10.0 Å². The van der Waals surface area contributed by atoms with Crippen molar-refractivity contribution in [2.75, 3.05) is 6.54 Å². The lowest BCUT2D eigenvalue weighted by Crippen LogP contribution is -2.28. The third-order valence-electron chi connectivity index (χ3n) is 2.61. The van der Waals surface area contributed by atoms with Crippen LogP contribution in [-0.4, -0.2) is 12.5 Å². The maximum absolute atomic E-state index is 11.7. The van der Waals surface area contributed by atoms with E-state index in [1.54, 1.807) is 0 Å². The van der Waals surface area contributed by atoms with Gasteiger partial charge in [0.05, 0.1) is 5.56 Å². The second-order valence-electron chi connectivity index (χ2n) is 3.94. The van der Waals surface area contributed by atoms with Crippen LogP contribution in [0.3, 0.4) is 0 Å². The zero-order valence-electron chi connectivity index (χ0n) is 9.87. The van der Waals surface area contributed by atoms with E-state index in [-0.39, 0.29) is 5.91 Å². The molecular formula is C14H14N2O2. The first kappa shape index (κ1) is 12.1. The van der Waals surface area contributed by atoms with Gasteiger partial charge in [-0.25, -0.2) is 0 Å². The summed E-state index contributed by atoms with van der Waals surface area (Å²) in [5, 5.41) is 13.6. The highest BCUT2D eigenvalue weighted by Crippen LogP contribution is 1.99. The molecule has 2 aromatic rings. The van der Waals surface area contributed by atoms with Gasteiger partial charge in [-0.2, -0.15) is 4.73 Å². The van der Waals surface area contributed by atoms with E-state index in [4.69, 9.17) is 0 Å². The van der Waals surface area contributed by atoms with Crippen molar-refractivity contribution in [1.82, 2.24) is 5.32 Å². The van der Waals surface area contributed by atoms with Crippen LogP contribution in [0.1, 0.15) is 15.9 Å². The quantitative estimate of drug-likeness (QED) is 0.649. The molecule has 1 amide bonds. The fraction of sp³-hybridized carbons (Fsp3) is 0.143. The summed E-state index contributed by atoms with van der Waals surface area (Å²) in [5.41, 5.74) is 1.68. The number of hydrogen-bond acceptors (Lipinski definition) is 2. The van der Waals surface area contributed by atoms with Crippen LogP contribution in [0.5, 0.6) is 0 Å². The smallest absolute Gasteiger partial charge is 0.251 e. The molecule has 0 aliphatic heterocycles. The first-order chi connectivity index (χ1) is 8.75. The van der Waals surface area contributed by atoms with Crippen molar-refractivity contribution in [3.63, 3.8) is 0 Å². The van der Waals surface area contributed by atoms with Crippen molar-refractivity contribution in [1.29, 1.82) is 0 Å². The van der Waals surface area contributed by atoms with Gasteiger partial charge in [0.25, 0.3) is 5.91 Å². The van der Waals surface area contributed by atoms with E-state index < -0.39 is 0 Å². The molecule has 4 heteroatoms. The predicted octanol–water partition coefficient (Wildman–Crippen LogP) is 1.29. The number of hydrogen-bond donors (Lipinski definition) is 1. The van der Waals surface area contributed by atoms with Crippen LogP contribution in [0.15, 0.2) is 54.9 Å². The van der Waals surface area contributed by atoms with Gasteiger partial charge in [-0.15, -0.1) is 0 Å². The molecule has 1 N–H and O–H groups in total. The summed E-state index contributed by atoms with van der Waals surface area (Å²) in [7, 11) is 0. The van der Waals surface area contributed by atoms with Crippen LogP contribution in [0.25, 0.3) is 0 Å². The summed E-state index contributed by atoms with van der Waals surface area (Å²) in [6.07, 6.45) is 3.42. The van der Waals surface area contributed by atoms with Crippen molar-refractivity contribution in [2.24, 2.45) is 0 Å². The van der Waals surface area contributed by atoms with Crippen molar-refractivity contribution in [2.45, 2.75) is 6.42 Å². The van der Waals surface area contributed by atoms with Gasteiger partial charge >= 0.3 is 0 Å². The van der Waals surface area contributed by atoms with Gasteiger partial charge in [-0.05, 0) is 12.0 Å². The molecule has 0 atom stereocenters. The predicted molar refractivity (Wildman–Crippen MR) is 67.9 cm³/mol. The highest BCUT2D eigenvalue weighted by molar-refractivity contribution is 5.93. The lowest BCUT2D eigenvalue weighted by molar-refractivity contribution is -0.605. The summed E-state index contributed by atoms with van der Waals surface area (Å²) in [6, 6.07) is 13.0. The summed E-state index contributed by atoms with van der Waals surface area (Å²) in [5.74, 6) is -0.161. The number of carbonyl (C=O) groups excluding carboxylic acids is 1. The molecule has 18 heavy (non-hydrogen) atoms. The molecule has 4 nitrogen and oxygen atoms in total. The molecule has 1 aromatic heterocycles. The van der Waals surface area contributed by atoms with Crippen molar-refractivity contribution in [3.05, 3.63) is 71.2 Å². The number of carbonyl (C=O) groups is 1. The maximum atomic E-state index is 11.7. The third-order valence-corrected chi connectivity index (χ3v) is 2.61. The van der Waals surface area contributed by atoms with E-state index in [1.165, 1.54) is 30.1 Å². The molecule has 0 spiro atoms. The molecule has 1 heterocycles. The fourth-order valence-corrected chi connectivity index (χ4v) is 1.63. The Bertz CT molecular complexity index is 509. The van der Waals surface area contributed by atoms with E-state index >= 15 is 0 Å². The Balaban J connectivity index is 1.84. The Kier molecular flexibility index (Phi) is 3.91. The standard InChI is InChI=1S/C14H14N2O2/c17-14(13-7-10-16(18)11-8-13)15-9-6-12-4-2-1-3-5-12/h1-5,7-8,10-11H,6,9H2,(H,15,17). The van der Waals surface area contributed by atoms with Crippen LogP contribution in [0, 0.1) is 5.21 Å². The molecule has 0 aliphatic carbocycles. The molecule has 0 radical (unpaired) electrons. The zero-order chi connectivity index (χ0) is 12.8. The average molecular weight is 242 g/mol. The van der Waals surface area contributed by atoms with E-state index in [0.29, 0.717) is 16.8 Å². The van der Waals surface area contributed by atoms with E-state index in [9.17, 15) is 10.0 Å². The number of nitrogens with one attached hydrogen (secondary N) is 1. The summed E-state index contributed by atoms with van der Waals surface area (Å²) in [4.78, 5) is 11.7. The number of rotatable bonds is 4. The van der Waals surface area contributed by atoms with Gasteiger partial charge in [0.1, 0.15) is 0 Å². The Hall–Kier alpha value is -2.36. The normalized spacial score (nSPS) is 10.0. The Labute approximate surface area is 105 Å². The lowest BCUT2D eigenvalue weighted by atomic mass is 10.1. The highest BCUT2D eigenvalue weighted by Gasteiger charge is 2.05. The summed E-state index contributed by atoms with van der Waals surface area (Å²) < 4.78 is 0.654. The van der Waals surface area contributed by atoms with Gasteiger partial charge in [-0.3, -0.25) is 4.79 Å². The van der Waals surface area contributed by atoms with Gasteiger partial charge in [0.2, 0.25) is 0 Å². The molecular weight excluding hydrogens is 228 g/mol. The van der Waals surface area contributed by atoms with Crippen LogP contribution >= 0.6 is 0 Å². The molecule has 0 fully saturated rings. The topological polar surface area (TPSA) is 56.0 Å². The fourth-order valence-electron chi connectivity index (χ4n) is 1.63. The van der Waals surface area contributed by atoms with Crippen LogP contribution in [-0.2, 0) is 6.42 Å². The van der Waals surface area contributed by atoms with Crippen LogP contribution in [0.2, 0.25) is 0 Å². The number of nitrogens with zero attached hydrogens (tertiary/aromatic N) is 1. The Morgan fingerprint density at radius 2 is 1.78 bits per heavy atom. The SMILES string of the molecule is O=C(NCCc1ccccc1)c1cc[n+]([O-])cc1. The van der Waals surface area contributed by atoms with Gasteiger partial charge in [-0.1, -0.05) is 30.3 Å². The van der Waals surface area contributed by atoms with Crippen molar-refractivity contribution >= 4 is 5.91 Å². The molecule has 0 unspecified atom stereocenters. The molecule has 0 bridgehead atoms. The van der Waals surface area contributed by atoms with E-state index in [1.807, 2.05) is 30.3 Å². The van der Waals surface area contributed by atoms with Gasteiger partial charge in [0.15, 0.2) is 12.4 Å². The maximum Gasteiger partial charge on any atom is 0.251 e. The molecule has 2 rings (SSSR count). The largest absolute Gasteiger partial charge is 0.619 e. The number of benzene rings is 1. The molecule has 0 aliphatic rings. The van der Waals surface area contributed by atoms with E-state index in [2.05, 4.69) is 5.32 Å². The van der Waals surface area contributed by atoms with Gasteiger partial charge in [0, 0.05) is 18.7 Å². The minimum absolute atomic E-state index is 0.161. The Morgan fingerprint density at radius 3 is 2.44 bits per heavy atom. The average Bonchev–Trinajstić information content (AvgIpc) is 2.40. The molecule has 0 saturated carbocycles. The molecule has 92 valence electrons. The first-order valence-corrected chi connectivity index (χ1v) is 5.76. The monoisotopic (exact) mass is 242 g/mol. The molecule has 1 aromatic carbocycles. The molecule has 0 saturated heterocycles. The highest BCUT2D eigenvalue weighted by atomic mass is 16.5. The van der Waals surface area contributed by atoms with Crippen LogP contribution in [0.4, 0.5) is 0 Å².